The number of hydrogen-bond acceptors (Lipinski definition) is 3. The lowest BCUT2D eigenvalue weighted by molar-refractivity contribution is 0.102. The van der Waals surface area contributed by atoms with Crippen LogP contribution in [0.2, 0.25) is 0 Å². The zero-order chi connectivity index (χ0) is 18.8. The van der Waals surface area contributed by atoms with Gasteiger partial charge in [-0.2, -0.15) is 0 Å². The summed E-state index contributed by atoms with van der Waals surface area (Å²) < 4.78 is 2.03. The molecule has 0 spiro atoms. The summed E-state index contributed by atoms with van der Waals surface area (Å²) in [6.07, 6.45) is 1.81. The third kappa shape index (κ3) is 3.40. The normalized spacial score (nSPS) is 10.7. The minimum atomic E-state index is -0.125. The number of imidazole rings is 1. The molecule has 3 aromatic carbocycles. The number of fused-ring (bicyclic) bond motifs is 1. The zero-order valence-corrected chi connectivity index (χ0v) is 15.3. The molecule has 4 rings (SSSR count). The first-order chi connectivity index (χ1) is 13.1. The smallest absolute Gasteiger partial charge is 0.255 e. The summed E-state index contributed by atoms with van der Waals surface area (Å²) in [4.78, 5) is 18.9. The lowest BCUT2D eigenvalue weighted by Crippen LogP contribution is -2.14. The molecule has 0 saturated carbocycles. The number of rotatable bonds is 4. The van der Waals surface area contributed by atoms with E-state index in [1.165, 1.54) is 0 Å². The molecular formula is C22H20N4O. The maximum atomic E-state index is 12.5. The Kier molecular flexibility index (Phi) is 4.34. The SMILES string of the molecule is CN(C)c1cccc(C(=O)Nc2ccc(-n3cnc4ccccc43)cc2)c1. The number of nitrogens with zero attached hydrogens (tertiary/aromatic N) is 3. The summed E-state index contributed by atoms with van der Waals surface area (Å²) >= 11 is 0. The van der Waals surface area contributed by atoms with Crippen LogP contribution in [0.3, 0.4) is 0 Å². The zero-order valence-electron chi connectivity index (χ0n) is 15.3. The predicted octanol–water partition coefficient (Wildman–Crippen LogP) is 4.34. The van der Waals surface area contributed by atoms with Gasteiger partial charge in [0.1, 0.15) is 6.33 Å². The molecule has 0 aliphatic heterocycles. The molecule has 4 aromatic rings. The molecule has 5 nitrogen and oxygen atoms in total. The van der Waals surface area contributed by atoms with Gasteiger partial charge in [-0.05, 0) is 54.6 Å². The number of benzene rings is 3. The molecule has 0 fully saturated rings. The number of carbonyl (C=O) groups is 1. The van der Waals surface area contributed by atoms with Crippen LogP contribution in [0.25, 0.3) is 16.7 Å². The van der Waals surface area contributed by atoms with Crippen LogP contribution in [0, 0.1) is 0 Å². The minimum Gasteiger partial charge on any atom is -0.378 e. The number of amides is 1. The summed E-state index contributed by atoms with van der Waals surface area (Å²) in [5.74, 6) is -0.125. The van der Waals surface area contributed by atoms with Crippen molar-refractivity contribution < 1.29 is 4.79 Å². The summed E-state index contributed by atoms with van der Waals surface area (Å²) in [6.45, 7) is 0. The van der Waals surface area contributed by atoms with Crippen LogP contribution in [0.4, 0.5) is 11.4 Å². The Hall–Kier alpha value is -3.60. The van der Waals surface area contributed by atoms with Gasteiger partial charge < -0.3 is 10.2 Å². The molecule has 0 atom stereocenters. The molecular weight excluding hydrogens is 336 g/mol. The van der Waals surface area contributed by atoms with Gasteiger partial charge in [0.15, 0.2) is 0 Å². The van der Waals surface area contributed by atoms with E-state index in [4.69, 9.17) is 0 Å². The van der Waals surface area contributed by atoms with Crippen LogP contribution in [0.15, 0.2) is 79.1 Å². The van der Waals surface area contributed by atoms with E-state index in [-0.39, 0.29) is 5.91 Å². The fourth-order valence-electron chi connectivity index (χ4n) is 3.00. The Balaban J connectivity index is 1.54. The highest BCUT2D eigenvalue weighted by atomic mass is 16.1. The molecule has 5 heteroatoms. The molecule has 1 amide bonds. The van der Waals surface area contributed by atoms with Crippen molar-refractivity contribution in [3.63, 3.8) is 0 Å². The Morgan fingerprint density at radius 1 is 0.963 bits per heavy atom. The molecule has 1 heterocycles. The van der Waals surface area contributed by atoms with E-state index < -0.39 is 0 Å². The van der Waals surface area contributed by atoms with E-state index >= 15 is 0 Å². The van der Waals surface area contributed by atoms with Crippen LogP contribution >= 0.6 is 0 Å². The number of aromatic nitrogens is 2. The van der Waals surface area contributed by atoms with E-state index in [1.54, 1.807) is 0 Å². The predicted molar refractivity (Wildman–Crippen MR) is 110 cm³/mol. The van der Waals surface area contributed by atoms with Gasteiger partial charge in [-0.3, -0.25) is 9.36 Å². The minimum absolute atomic E-state index is 0.125. The van der Waals surface area contributed by atoms with Crippen LogP contribution in [-0.2, 0) is 0 Å². The summed E-state index contributed by atoms with van der Waals surface area (Å²) in [6, 6.07) is 23.3. The second-order valence-corrected chi connectivity index (χ2v) is 6.55. The Labute approximate surface area is 157 Å². The number of hydrogen-bond donors (Lipinski definition) is 1. The van der Waals surface area contributed by atoms with E-state index in [1.807, 2.05) is 103 Å². The fraction of sp³-hybridized carbons (Fsp3) is 0.0909. The largest absolute Gasteiger partial charge is 0.378 e. The van der Waals surface area contributed by atoms with E-state index in [0.717, 1.165) is 28.1 Å². The van der Waals surface area contributed by atoms with Crippen LogP contribution in [0.5, 0.6) is 0 Å². The van der Waals surface area contributed by atoms with E-state index in [0.29, 0.717) is 5.56 Å². The molecule has 0 saturated heterocycles. The average molecular weight is 356 g/mol. The first kappa shape index (κ1) is 16.8. The molecule has 0 bridgehead atoms. The number of para-hydroxylation sites is 2. The lowest BCUT2D eigenvalue weighted by atomic mass is 10.1. The Morgan fingerprint density at radius 2 is 1.74 bits per heavy atom. The van der Waals surface area contributed by atoms with Crippen molar-refractivity contribution in [2.24, 2.45) is 0 Å². The monoisotopic (exact) mass is 356 g/mol. The second kappa shape index (κ2) is 6.96. The van der Waals surface area contributed by atoms with Crippen LogP contribution in [-0.4, -0.2) is 29.6 Å². The maximum absolute atomic E-state index is 12.5. The van der Waals surface area contributed by atoms with Crippen molar-refractivity contribution in [2.75, 3.05) is 24.3 Å². The van der Waals surface area contributed by atoms with Gasteiger partial charge in [0.25, 0.3) is 5.91 Å². The molecule has 0 radical (unpaired) electrons. The second-order valence-electron chi connectivity index (χ2n) is 6.55. The molecule has 0 aliphatic rings. The lowest BCUT2D eigenvalue weighted by Gasteiger charge is -2.13. The summed E-state index contributed by atoms with van der Waals surface area (Å²) in [5, 5.41) is 2.95. The number of nitrogens with one attached hydrogen (secondary N) is 1. The third-order valence-electron chi connectivity index (χ3n) is 4.48. The van der Waals surface area contributed by atoms with Crippen molar-refractivity contribution in [3.8, 4) is 5.69 Å². The van der Waals surface area contributed by atoms with Crippen molar-refractivity contribution in [1.29, 1.82) is 0 Å². The van der Waals surface area contributed by atoms with Crippen LogP contribution < -0.4 is 10.2 Å². The quantitative estimate of drug-likeness (QED) is 0.592. The Morgan fingerprint density at radius 3 is 2.52 bits per heavy atom. The van der Waals surface area contributed by atoms with Gasteiger partial charge >= 0.3 is 0 Å². The van der Waals surface area contributed by atoms with Gasteiger partial charge in [0.05, 0.1) is 11.0 Å². The molecule has 27 heavy (non-hydrogen) atoms. The molecule has 0 unspecified atom stereocenters. The number of carbonyl (C=O) groups excluding carboxylic acids is 1. The van der Waals surface area contributed by atoms with Gasteiger partial charge in [0, 0.05) is 36.7 Å². The fourth-order valence-corrected chi connectivity index (χ4v) is 3.00. The molecule has 0 aliphatic carbocycles. The third-order valence-corrected chi connectivity index (χ3v) is 4.48. The van der Waals surface area contributed by atoms with Crippen molar-refractivity contribution in [3.05, 3.63) is 84.7 Å². The standard InChI is InChI=1S/C22H20N4O/c1-25(2)19-7-5-6-16(14-19)22(27)24-17-10-12-18(13-11-17)26-15-23-20-8-3-4-9-21(20)26/h3-15H,1-2H3,(H,24,27). The summed E-state index contributed by atoms with van der Waals surface area (Å²) in [7, 11) is 3.91. The van der Waals surface area contributed by atoms with E-state index in [2.05, 4.69) is 10.3 Å². The van der Waals surface area contributed by atoms with Gasteiger partial charge in [0.2, 0.25) is 0 Å². The first-order valence-electron chi connectivity index (χ1n) is 8.73. The first-order valence-corrected chi connectivity index (χ1v) is 8.73. The van der Waals surface area contributed by atoms with Crippen molar-refractivity contribution >= 4 is 28.3 Å². The Bertz CT molecular complexity index is 1100. The van der Waals surface area contributed by atoms with Gasteiger partial charge in [-0.15, -0.1) is 0 Å². The topological polar surface area (TPSA) is 50.2 Å². The highest BCUT2D eigenvalue weighted by Crippen LogP contribution is 2.20. The highest BCUT2D eigenvalue weighted by molar-refractivity contribution is 6.04. The van der Waals surface area contributed by atoms with Crippen molar-refractivity contribution in [2.45, 2.75) is 0 Å². The van der Waals surface area contributed by atoms with Crippen LogP contribution in [0.1, 0.15) is 10.4 Å². The van der Waals surface area contributed by atoms with Gasteiger partial charge in [-0.1, -0.05) is 18.2 Å². The highest BCUT2D eigenvalue weighted by Gasteiger charge is 2.08. The van der Waals surface area contributed by atoms with Gasteiger partial charge in [-0.25, -0.2) is 4.98 Å². The molecule has 134 valence electrons. The summed E-state index contributed by atoms with van der Waals surface area (Å²) in [5.41, 5.74) is 5.38. The van der Waals surface area contributed by atoms with E-state index in [9.17, 15) is 4.79 Å². The maximum Gasteiger partial charge on any atom is 0.255 e. The number of anilines is 2. The average Bonchev–Trinajstić information content (AvgIpc) is 3.13. The van der Waals surface area contributed by atoms with Crippen molar-refractivity contribution in [1.82, 2.24) is 9.55 Å². The molecule has 1 N–H and O–H groups in total. The molecule has 1 aromatic heterocycles.